The van der Waals surface area contributed by atoms with Crippen LogP contribution in [0.15, 0.2) is 42.5 Å². The van der Waals surface area contributed by atoms with E-state index in [9.17, 15) is 4.79 Å². The van der Waals surface area contributed by atoms with Crippen LogP contribution in [0.5, 0.6) is 5.75 Å². The second-order valence-corrected chi connectivity index (χ2v) is 7.19. The molecule has 3 rings (SSSR count). The van der Waals surface area contributed by atoms with E-state index in [1.165, 1.54) is 0 Å². The van der Waals surface area contributed by atoms with Gasteiger partial charge in [-0.25, -0.2) is 0 Å². The first kappa shape index (κ1) is 19.5. The number of hydrogen-bond donors (Lipinski definition) is 1. The third-order valence-electron chi connectivity index (χ3n) is 4.92. The fraction of sp³-hybridized carbons (Fsp3) is 0.381. The number of ether oxygens (including phenoxy) is 1. The highest BCUT2D eigenvalue weighted by molar-refractivity contribution is 6.30. The van der Waals surface area contributed by atoms with E-state index in [0.29, 0.717) is 11.4 Å². The zero-order chi connectivity index (χ0) is 19.2. The summed E-state index contributed by atoms with van der Waals surface area (Å²) >= 11 is 5.96. The summed E-state index contributed by atoms with van der Waals surface area (Å²) in [5, 5.41) is 3.65. The van der Waals surface area contributed by atoms with Gasteiger partial charge in [0, 0.05) is 49.9 Å². The lowest BCUT2D eigenvalue weighted by molar-refractivity contribution is -0.116. The molecule has 2 aromatic rings. The summed E-state index contributed by atoms with van der Waals surface area (Å²) in [5.74, 6) is 0.941. The molecule has 27 heavy (non-hydrogen) atoms. The first-order valence-electron chi connectivity index (χ1n) is 9.23. The topological polar surface area (TPSA) is 44.8 Å². The van der Waals surface area contributed by atoms with Crippen LogP contribution in [-0.2, 0) is 4.79 Å². The fourth-order valence-corrected chi connectivity index (χ4v) is 3.57. The van der Waals surface area contributed by atoms with E-state index in [1.54, 1.807) is 13.2 Å². The molecule has 5 nitrogen and oxygen atoms in total. The zero-order valence-electron chi connectivity index (χ0n) is 15.9. The van der Waals surface area contributed by atoms with Gasteiger partial charge in [0.25, 0.3) is 0 Å². The Morgan fingerprint density at radius 3 is 2.59 bits per heavy atom. The van der Waals surface area contributed by atoms with Gasteiger partial charge in [-0.1, -0.05) is 23.7 Å². The molecule has 1 fully saturated rings. The summed E-state index contributed by atoms with van der Waals surface area (Å²) in [6.45, 7) is 6.43. The van der Waals surface area contributed by atoms with Crippen molar-refractivity contribution in [1.29, 1.82) is 0 Å². The average Bonchev–Trinajstić information content (AvgIpc) is 2.69. The third kappa shape index (κ3) is 5.15. The van der Waals surface area contributed by atoms with Crippen LogP contribution in [-0.4, -0.2) is 50.6 Å². The third-order valence-corrected chi connectivity index (χ3v) is 5.15. The molecule has 1 amide bonds. The number of piperazine rings is 1. The van der Waals surface area contributed by atoms with Crippen LogP contribution in [0.25, 0.3) is 0 Å². The van der Waals surface area contributed by atoms with E-state index >= 15 is 0 Å². The van der Waals surface area contributed by atoms with Gasteiger partial charge in [-0.2, -0.15) is 0 Å². The van der Waals surface area contributed by atoms with Crippen molar-refractivity contribution in [2.24, 2.45) is 0 Å². The van der Waals surface area contributed by atoms with E-state index in [4.69, 9.17) is 16.3 Å². The largest absolute Gasteiger partial charge is 0.495 e. The van der Waals surface area contributed by atoms with Gasteiger partial charge in [0.1, 0.15) is 5.75 Å². The molecule has 0 aliphatic carbocycles. The Labute approximate surface area is 165 Å². The number of carbonyl (C=O) groups excluding carboxylic acids is 1. The number of nitrogens with zero attached hydrogens (tertiary/aromatic N) is 2. The number of hydrogen-bond acceptors (Lipinski definition) is 4. The van der Waals surface area contributed by atoms with Crippen molar-refractivity contribution in [3.8, 4) is 5.75 Å². The molecule has 0 atom stereocenters. The molecule has 1 saturated heterocycles. The van der Waals surface area contributed by atoms with Crippen LogP contribution in [0.1, 0.15) is 12.0 Å². The van der Waals surface area contributed by atoms with Crippen LogP contribution >= 0.6 is 11.6 Å². The minimum absolute atomic E-state index is 0.0348. The quantitative estimate of drug-likeness (QED) is 0.818. The Morgan fingerprint density at radius 1 is 1.15 bits per heavy atom. The smallest absolute Gasteiger partial charge is 0.225 e. The summed E-state index contributed by atoms with van der Waals surface area (Å²) < 4.78 is 5.46. The highest BCUT2D eigenvalue weighted by Crippen LogP contribution is 2.28. The maximum atomic E-state index is 12.3. The van der Waals surface area contributed by atoms with Crippen molar-refractivity contribution >= 4 is 28.9 Å². The van der Waals surface area contributed by atoms with Gasteiger partial charge in [-0.05, 0) is 42.8 Å². The maximum absolute atomic E-state index is 12.3. The molecule has 1 aliphatic heterocycles. The minimum atomic E-state index is 0.0348. The summed E-state index contributed by atoms with van der Waals surface area (Å²) in [6.07, 6.45) is 0.483. The summed E-state index contributed by atoms with van der Waals surface area (Å²) in [7, 11) is 1.70. The number of aryl methyl sites for hydroxylation is 1. The highest BCUT2D eigenvalue weighted by Gasteiger charge is 2.20. The number of halogens is 1. The zero-order valence-corrected chi connectivity index (χ0v) is 16.6. The van der Waals surface area contributed by atoms with E-state index in [0.717, 1.165) is 55.4 Å². The van der Waals surface area contributed by atoms with E-state index < -0.39 is 0 Å². The number of amides is 1. The van der Waals surface area contributed by atoms with Gasteiger partial charge in [0.15, 0.2) is 0 Å². The summed E-state index contributed by atoms with van der Waals surface area (Å²) in [4.78, 5) is 16.9. The number of anilines is 2. The Bertz CT molecular complexity index is 789. The molecular weight excluding hydrogens is 362 g/mol. The molecular formula is C21H26ClN3O2. The first-order chi connectivity index (χ1) is 13.1. The van der Waals surface area contributed by atoms with E-state index in [2.05, 4.69) is 21.2 Å². The number of rotatable bonds is 6. The molecule has 0 spiro atoms. The maximum Gasteiger partial charge on any atom is 0.225 e. The van der Waals surface area contributed by atoms with Gasteiger partial charge >= 0.3 is 0 Å². The summed E-state index contributed by atoms with van der Waals surface area (Å²) in [5.41, 5.74) is 2.93. The molecule has 1 aliphatic rings. The monoisotopic (exact) mass is 387 g/mol. The molecule has 0 bridgehead atoms. The van der Waals surface area contributed by atoms with Gasteiger partial charge in [-0.15, -0.1) is 0 Å². The molecule has 1 heterocycles. The van der Waals surface area contributed by atoms with Gasteiger partial charge < -0.3 is 15.0 Å². The Balaban J connectivity index is 1.46. The van der Waals surface area contributed by atoms with Crippen molar-refractivity contribution in [3.05, 3.63) is 53.1 Å². The number of carbonyl (C=O) groups is 1. The fourth-order valence-electron chi connectivity index (χ4n) is 3.34. The lowest BCUT2D eigenvalue weighted by atomic mass is 10.2. The van der Waals surface area contributed by atoms with Crippen LogP contribution in [0.4, 0.5) is 11.4 Å². The van der Waals surface area contributed by atoms with Gasteiger partial charge in [-0.3, -0.25) is 9.69 Å². The molecule has 6 heteroatoms. The van der Waals surface area contributed by atoms with Crippen LogP contribution < -0.4 is 15.0 Å². The Morgan fingerprint density at radius 2 is 1.89 bits per heavy atom. The second-order valence-electron chi connectivity index (χ2n) is 6.76. The van der Waals surface area contributed by atoms with Crippen LogP contribution in [0.3, 0.4) is 0 Å². The lowest BCUT2D eigenvalue weighted by Gasteiger charge is -2.36. The Hall–Kier alpha value is -2.24. The van der Waals surface area contributed by atoms with Crippen molar-refractivity contribution in [1.82, 2.24) is 4.90 Å². The molecule has 0 aromatic heterocycles. The Kier molecular flexibility index (Phi) is 6.58. The minimum Gasteiger partial charge on any atom is -0.495 e. The SMILES string of the molecule is COc1ccccc1N1CCN(CCC(=O)Nc2ccc(Cl)cc2C)CC1. The standard InChI is InChI=1S/C21H26ClN3O2/c1-16-15-17(22)7-8-18(16)23-21(26)9-10-24-11-13-25(14-12-24)19-5-3-4-6-20(19)27-2/h3-8,15H,9-14H2,1-2H3,(H,23,26). The molecule has 2 aromatic carbocycles. The molecule has 0 saturated carbocycles. The van der Waals surface area contributed by atoms with E-state index in [1.807, 2.05) is 37.3 Å². The predicted octanol–water partition coefficient (Wildman–Crippen LogP) is 3.81. The molecule has 0 unspecified atom stereocenters. The number of methoxy groups -OCH3 is 1. The number of para-hydroxylation sites is 2. The number of benzene rings is 2. The van der Waals surface area contributed by atoms with Crippen molar-refractivity contribution < 1.29 is 9.53 Å². The normalized spacial score (nSPS) is 14.9. The highest BCUT2D eigenvalue weighted by atomic mass is 35.5. The van der Waals surface area contributed by atoms with Crippen LogP contribution in [0.2, 0.25) is 5.02 Å². The summed E-state index contributed by atoms with van der Waals surface area (Å²) in [6, 6.07) is 13.6. The van der Waals surface area contributed by atoms with Gasteiger partial charge in [0.2, 0.25) is 5.91 Å². The number of nitrogens with one attached hydrogen (secondary N) is 1. The van der Waals surface area contributed by atoms with Crippen molar-refractivity contribution in [2.45, 2.75) is 13.3 Å². The lowest BCUT2D eigenvalue weighted by Crippen LogP contribution is -2.47. The van der Waals surface area contributed by atoms with Crippen molar-refractivity contribution in [2.75, 3.05) is 50.1 Å². The predicted molar refractivity (Wildman–Crippen MR) is 111 cm³/mol. The van der Waals surface area contributed by atoms with Crippen molar-refractivity contribution in [3.63, 3.8) is 0 Å². The second kappa shape index (κ2) is 9.11. The van der Waals surface area contributed by atoms with Crippen LogP contribution in [0, 0.1) is 6.92 Å². The van der Waals surface area contributed by atoms with E-state index in [-0.39, 0.29) is 5.91 Å². The molecule has 1 N–H and O–H groups in total. The molecule has 0 radical (unpaired) electrons. The van der Waals surface area contributed by atoms with Gasteiger partial charge in [0.05, 0.1) is 12.8 Å². The molecule has 144 valence electrons. The average molecular weight is 388 g/mol. The first-order valence-corrected chi connectivity index (χ1v) is 9.61.